The lowest BCUT2D eigenvalue weighted by Gasteiger charge is -2.23. The molecule has 1 heterocycles. The maximum Gasteiger partial charge on any atom is 0.416 e. The van der Waals surface area contributed by atoms with Crippen LogP contribution in [-0.2, 0) is 6.18 Å². The number of alkyl halides is 3. The molecule has 25 heavy (non-hydrogen) atoms. The summed E-state index contributed by atoms with van der Waals surface area (Å²) in [4.78, 5) is 8.51. The number of pyridine rings is 1. The molecule has 0 radical (unpaired) electrons. The zero-order chi connectivity index (χ0) is 18.4. The van der Waals surface area contributed by atoms with Gasteiger partial charge in [0.05, 0.1) is 11.1 Å². The molecule has 0 aliphatic heterocycles. The molecule has 0 saturated heterocycles. The molecule has 0 spiro atoms. The molecule has 1 aromatic heterocycles. The first-order valence-corrected chi connectivity index (χ1v) is 8.68. The van der Waals surface area contributed by atoms with Crippen molar-refractivity contribution in [2.45, 2.75) is 32.4 Å². The predicted octanol–water partition coefficient (Wildman–Crippen LogP) is 4.81. The van der Waals surface area contributed by atoms with Gasteiger partial charge >= 0.3 is 6.18 Å². The van der Waals surface area contributed by atoms with Gasteiger partial charge in [-0.2, -0.15) is 13.2 Å². The van der Waals surface area contributed by atoms with E-state index in [-0.39, 0.29) is 0 Å². The zero-order valence-corrected chi connectivity index (χ0v) is 15.1. The van der Waals surface area contributed by atoms with Crippen molar-refractivity contribution in [3.8, 4) is 0 Å². The third kappa shape index (κ3) is 5.33. The van der Waals surface area contributed by atoms with Crippen molar-refractivity contribution in [3.05, 3.63) is 36.0 Å². The van der Waals surface area contributed by atoms with Crippen molar-refractivity contribution in [1.82, 2.24) is 9.88 Å². The number of benzene rings is 1. The second-order valence-corrected chi connectivity index (χ2v) is 6.49. The minimum absolute atomic E-state index is 0.374. The van der Waals surface area contributed by atoms with Gasteiger partial charge in [-0.3, -0.25) is 4.98 Å². The predicted molar refractivity (Wildman–Crippen MR) is 97.0 cm³/mol. The summed E-state index contributed by atoms with van der Waals surface area (Å²) in [6, 6.07) is 5.62. The van der Waals surface area contributed by atoms with E-state index in [9.17, 15) is 13.2 Å². The number of nitrogens with zero attached hydrogens (tertiary/aromatic N) is 3. The first-order valence-electron chi connectivity index (χ1n) is 8.68. The Balaban J connectivity index is 2.07. The fourth-order valence-corrected chi connectivity index (χ4v) is 2.88. The fraction of sp³-hybridized carbons (Fsp3) is 0.526. The van der Waals surface area contributed by atoms with Crippen molar-refractivity contribution in [3.63, 3.8) is 0 Å². The number of aromatic nitrogens is 1. The second-order valence-electron chi connectivity index (χ2n) is 6.49. The van der Waals surface area contributed by atoms with Crippen molar-refractivity contribution in [2.24, 2.45) is 0 Å². The quantitative estimate of drug-likeness (QED) is 0.679. The molecule has 3 nitrogen and oxygen atoms in total. The van der Waals surface area contributed by atoms with Gasteiger partial charge in [-0.25, -0.2) is 0 Å². The van der Waals surface area contributed by atoms with Gasteiger partial charge in [0, 0.05) is 30.9 Å². The number of anilines is 1. The largest absolute Gasteiger partial charge is 0.416 e. The molecular formula is C19H26F3N3. The van der Waals surface area contributed by atoms with E-state index in [0.717, 1.165) is 49.3 Å². The maximum atomic E-state index is 12.9. The SMILES string of the molecule is CCCCN(C)CCCN(C)c1ccnc2cc(C(F)(F)F)ccc12. The zero-order valence-electron chi connectivity index (χ0n) is 15.1. The molecule has 2 aromatic rings. The highest BCUT2D eigenvalue weighted by molar-refractivity contribution is 5.91. The molecule has 6 heteroatoms. The van der Waals surface area contributed by atoms with Gasteiger partial charge in [0.1, 0.15) is 0 Å². The van der Waals surface area contributed by atoms with E-state index >= 15 is 0 Å². The Labute approximate surface area is 147 Å². The van der Waals surface area contributed by atoms with Crippen LogP contribution in [0.3, 0.4) is 0 Å². The van der Waals surface area contributed by atoms with Crippen LogP contribution in [0.2, 0.25) is 0 Å². The Morgan fingerprint density at radius 3 is 2.40 bits per heavy atom. The van der Waals surface area contributed by atoms with Crippen LogP contribution in [0.4, 0.5) is 18.9 Å². The Morgan fingerprint density at radius 2 is 1.72 bits per heavy atom. The van der Waals surface area contributed by atoms with E-state index < -0.39 is 11.7 Å². The highest BCUT2D eigenvalue weighted by atomic mass is 19.4. The number of fused-ring (bicyclic) bond motifs is 1. The summed E-state index contributed by atoms with van der Waals surface area (Å²) in [5.74, 6) is 0. The van der Waals surface area contributed by atoms with Crippen LogP contribution in [0.1, 0.15) is 31.7 Å². The van der Waals surface area contributed by atoms with Gasteiger partial charge in [0.25, 0.3) is 0 Å². The summed E-state index contributed by atoms with van der Waals surface area (Å²) >= 11 is 0. The highest BCUT2D eigenvalue weighted by Crippen LogP contribution is 2.33. The average molecular weight is 353 g/mol. The molecule has 2 rings (SSSR count). The third-order valence-electron chi connectivity index (χ3n) is 4.39. The Bertz CT molecular complexity index is 685. The van der Waals surface area contributed by atoms with Gasteiger partial charge < -0.3 is 9.80 Å². The van der Waals surface area contributed by atoms with Crippen LogP contribution in [0.25, 0.3) is 10.9 Å². The smallest absolute Gasteiger partial charge is 0.374 e. The van der Waals surface area contributed by atoms with Gasteiger partial charge in [0.2, 0.25) is 0 Å². The summed E-state index contributed by atoms with van der Waals surface area (Å²) in [6.45, 7) is 5.13. The molecule has 0 unspecified atom stereocenters. The van der Waals surface area contributed by atoms with Gasteiger partial charge in [0.15, 0.2) is 0 Å². The van der Waals surface area contributed by atoms with Crippen molar-refractivity contribution in [2.75, 3.05) is 38.6 Å². The standard InChI is InChI=1S/C19H26F3N3/c1-4-5-11-24(2)12-6-13-25(3)18-9-10-23-17-14-15(19(20,21)22)7-8-16(17)18/h7-10,14H,4-6,11-13H2,1-3H3. The number of rotatable bonds is 8. The van der Waals surface area contributed by atoms with E-state index in [0.29, 0.717) is 5.52 Å². The number of unbranched alkanes of at least 4 members (excludes halogenated alkanes) is 1. The first kappa shape index (κ1) is 19.5. The normalized spacial score (nSPS) is 12.1. The first-order chi connectivity index (χ1) is 11.8. The average Bonchev–Trinajstić information content (AvgIpc) is 2.58. The monoisotopic (exact) mass is 353 g/mol. The third-order valence-corrected chi connectivity index (χ3v) is 4.39. The molecule has 138 valence electrons. The highest BCUT2D eigenvalue weighted by Gasteiger charge is 2.30. The second kappa shape index (κ2) is 8.52. The molecule has 0 aliphatic rings. The molecule has 0 saturated carbocycles. The topological polar surface area (TPSA) is 19.4 Å². The molecule has 0 atom stereocenters. The van der Waals surface area contributed by atoms with E-state index in [1.54, 1.807) is 6.20 Å². The molecule has 0 N–H and O–H groups in total. The summed E-state index contributed by atoms with van der Waals surface area (Å²) in [6.07, 6.45) is 0.611. The van der Waals surface area contributed by atoms with Gasteiger partial charge in [-0.05, 0) is 51.2 Å². The van der Waals surface area contributed by atoms with Gasteiger partial charge in [-0.15, -0.1) is 0 Å². The van der Waals surface area contributed by atoms with Crippen LogP contribution in [0.5, 0.6) is 0 Å². The van der Waals surface area contributed by atoms with Crippen LogP contribution in [-0.4, -0.2) is 43.6 Å². The Hall–Kier alpha value is -1.82. The van der Waals surface area contributed by atoms with E-state index in [4.69, 9.17) is 0 Å². The summed E-state index contributed by atoms with van der Waals surface area (Å²) < 4.78 is 38.6. The molecule has 0 bridgehead atoms. The summed E-state index contributed by atoms with van der Waals surface area (Å²) in [5, 5.41) is 0.748. The number of hydrogen-bond donors (Lipinski definition) is 0. The molecule has 0 fully saturated rings. The lowest BCUT2D eigenvalue weighted by atomic mass is 10.1. The maximum absolute atomic E-state index is 12.9. The minimum Gasteiger partial charge on any atom is -0.374 e. The van der Waals surface area contributed by atoms with Crippen molar-refractivity contribution in [1.29, 1.82) is 0 Å². The van der Waals surface area contributed by atoms with E-state index in [1.165, 1.54) is 18.9 Å². The number of hydrogen-bond acceptors (Lipinski definition) is 3. The van der Waals surface area contributed by atoms with Crippen LogP contribution >= 0.6 is 0 Å². The summed E-state index contributed by atoms with van der Waals surface area (Å²) in [7, 11) is 4.09. The van der Waals surface area contributed by atoms with Crippen molar-refractivity contribution >= 4 is 16.6 Å². The summed E-state index contributed by atoms with van der Waals surface area (Å²) in [5.41, 5.74) is 0.624. The lowest BCUT2D eigenvalue weighted by molar-refractivity contribution is -0.137. The Morgan fingerprint density at radius 1 is 1.00 bits per heavy atom. The van der Waals surface area contributed by atoms with Crippen LogP contribution in [0, 0.1) is 0 Å². The van der Waals surface area contributed by atoms with Crippen molar-refractivity contribution < 1.29 is 13.2 Å². The Kier molecular flexibility index (Phi) is 6.64. The van der Waals surface area contributed by atoms with E-state index in [2.05, 4.69) is 28.8 Å². The molecule has 0 amide bonds. The minimum atomic E-state index is -4.35. The van der Waals surface area contributed by atoms with Crippen LogP contribution in [0.15, 0.2) is 30.5 Å². The number of halogens is 3. The van der Waals surface area contributed by atoms with Crippen LogP contribution < -0.4 is 4.90 Å². The van der Waals surface area contributed by atoms with Gasteiger partial charge in [-0.1, -0.05) is 19.4 Å². The lowest BCUT2D eigenvalue weighted by Crippen LogP contribution is -2.26. The molecular weight excluding hydrogens is 327 g/mol. The fourth-order valence-electron chi connectivity index (χ4n) is 2.88. The molecule has 0 aliphatic carbocycles. The molecule has 1 aromatic carbocycles. The van der Waals surface area contributed by atoms with E-state index in [1.807, 2.05) is 13.1 Å².